The zero-order valence-corrected chi connectivity index (χ0v) is 13.0. The van der Waals surface area contributed by atoms with Gasteiger partial charge in [-0.1, -0.05) is 31.5 Å². The monoisotopic (exact) mass is 280 g/mol. The standard InChI is InChI=1S/C15H24N2OS/c1-10(2)17-13(15(16)18)7-8-19-14-9-11(3)5-6-12(14)4/h5-6,9-10,13,17H,7-8H2,1-4H3,(H2,16,18). The smallest absolute Gasteiger partial charge is 0.234 e. The van der Waals surface area contributed by atoms with E-state index in [4.69, 9.17) is 5.73 Å². The Morgan fingerprint density at radius 3 is 2.63 bits per heavy atom. The summed E-state index contributed by atoms with van der Waals surface area (Å²) in [5.74, 6) is 0.618. The van der Waals surface area contributed by atoms with Gasteiger partial charge in [-0.05, 0) is 31.9 Å². The van der Waals surface area contributed by atoms with Gasteiger partial charge in [-0.25, -0.2) is 0 Å². The molecule has 3 N–H and O–H groups in total. The number of thioether (sulfide) groups is 1. The molecule has 1 unspecified atom stereocenters. The first-order valence-electron chi connectivity index (χ1n) is 6.65. The molecule has 0 fully saturated rings. The van der Waals surface area contributed by atoms with E-state index in [0.29, 0.717) is 0 Å². The lowest BCUT2D eigenvalue weighted by Crippen LogP contribution is -2.44. The largest absolute Gasteiger partial charge is 0.368 e. The van der Waals surface area contributed by atoms with E-state index in [1.165, 1.54) is 16.0 Å². The number of benzene rings is 1. The summed E-state index contributed by atoms with van der Waals surface area (Å²) in [5.41, 5.74) is 7.95. The van der Waals surface area contributed by atoms with Crippen LogP contribution in [-0.4, -0.2) is 23.7 Å². The van der Waals surface area contributed by atoms with Gasteiger partial charge in [-0.2, -0.15) is 0 Å². The van der Waals surface area contributed by atoms with Crippen LogP contribution in [0, 0.1) is 13.8 Å². The van der Waals surface area contributed by atoms with Crippen molar-refractivity contribution in [3.63, 3.8) is 0 Å². The lowest BCUT2D eigenvalue weighted by Gasteiger charge is -2.18. The molecule has 106 valence electrons. The van der Waals surface area contributed by atoms with E-state index in [-0.39, 0.29) is 18.0 Å². The van der Waals surface area contributed by atoms with E-state index >= 15 is 0 Å². The molecule has 4 heteroatoms. The Kier molecular flexibility index (Phi) is 6.38. The Morgan fingerprint density at radius 2 is 2.05 bits per heavy atom. The molecular formula is C15H24N2OS. The maximum absolute atomic E-state index is 11.3. The molecule has 0 bridgehead atoms. The molecule has 3 nitrogen and oxygen atoms in total. The molecule has 1 amide bonds. The first-order chi connectivity index (χ1) is 8.90. The van der Waals surface area contributed by atoms with E-state index in [1.807, 2.05) is 13.8 Å². The van der Waals surface area contributed by atoms with Gasteiger partial charge < -0.3 is 11.1 Å². The molecule has 19 heavy (non-hydrogen) atoms. The predicted octanol–water partition coefficient (Wildman–Crippen LogP) is 2.64. The Labute approximate surface area is 120 Å². The molecule has 0 aliphatic heterocycles. The number of carbonyl (C=O) groups excluding carboxylic acids is 1. The minimum atomic E-state index is -0.268. The third-order valence-corrected chi connectivity index (χ3v) is 4.08. The van der Waals surface area contributed by atoms with Crippen LogP contribution in [0.2, 0.25) is 0 Å². The minimum Gasteiger partial charge on any atom is -0.368 e. The van der Waals surface area contributed by atoms with Gasteiger partial charge in [0, 0.05) is 16.7 Å². The van der Waals surface area contributed by atoms with Crippen LogP contribution in [-0.2, 0) is 4.79 Å². The molecule has 1 rings (SSSR count). The van der Waals surface area contributed by atoms with Gasteiger partial charge in [0.1, 0.15) is 0 Å². The summed E-state index contributed by atoms with van der Waals surface area (Å²) >= 11 is 1.79. The molecule has 0 heterocycles. The summed E-state index contributed by atoms with van der Waals surface area (Å²) in [6.07, 6.45) is 0.756. The predicted molar refractivity (Wildman–Crippen MR) is 82.5 cm³/mol. The summed E-state index contributed by atoms with van der Waals surface area (Å²) in [7, 11) is 0. The number of nitrogens with one attached hydrogen (secondary N) is 1. The lowest BCUT2D eigenvalue weighted by atomic mass is 10.2. The maximum atomic E-state index is 11.3. The van der Waals surface area contributed by atoms with Crippen LogP contribution in [0.3, 0.4) is 0 Å². The van der Waals surface area contributed by atoms with Crippen molar-refractivity contribution < 1.29 is 4.79 Å². The van der Waals surface area contributed by atoms with Crippen molar-refractivity contribution in [1.82, 2.24) is 5.32 Å². The van der Waals surface area contributed by atoms with Crippen molar-refractivity contribution in [1.29, 1.82) is 0 Å². The van der Waals surface area contributed by atoms with E-state index in [0.717, 1.165) is 12.2 Å². The van der Waals surface area contributed by atoms with E-state index < -0.39 is 0 Å². The lowest BCUT2D eigenvalue weighted by molar-refractivity contribution is -0.120. The molecule has 1 atom stereocenters. The van der Waals surface area contributed by atoms with Gasteiger partial charge in [0.2, 0.25) is 5.91 Å². The first-order valence-corrected chi connectivity index (χ1v) is 7.64. The molecule has 1 aromatic carbocycles. The van der Waals surface area contributed by atoms with Crippen molar-refractivity contribution in [2.24, 2.45) is 5.73 Å². The number of amides is 1. The number of rotatable bonds is 7. The van der Waals surface area contributed by atoms with Crippen molar-refractivity contribution >= 4 is 17.7 Å². The van der Waals surface area contributed by atoms with Crippen LogP contribution in [0.4, 0.5) is 0 Å². The van der Waals surface area contributed by atoms with Gasteiger partial charge >= 0.3 is 0 Å². The highest BCUT2D eigenvalue weighted by Crippen LogP contribution is 2.24. The van der Waals surface area contributed by atoms with E-state index in [1.54, 1.807) is 11.8 Å². The highest BCUT2D eigenvalue weighted by Gasteiger charge is 2.15. The topological polar surface area (TPSA) is 55.1 Å². The number of carbonyl (C=O) groups is 1. The average Bonchev–Trinajstić information content (AvgIpc) is 2.31. The minimum absolute atomic E-state index is 0.238. The van der Waals surface area contributed by atoms with Crippen LogP contribution in [0.25, 0.3) is 0 Å². The quantitative estimate of drug-likeness (QED) is 0.755. The average molecular weight is 280 g/mol. The summed E-state index contributed by atoms with van der Waals surface area (Å²) in [6, 6.07) is 6.47. The highest BCUT2D eigenvalue weighted by molar-refractivity contribution is 7.99. The Balaban J connectivity index is 2.52. The number of primary amides is 1. The van der Waals surface area contributed by atoms with Crippen LogP contribution in [0.15, 0.2) is 23.1 Å². The maximum Gasteiger partial charge on any atom is 0.234 e. The molecule has 0 saturated heterocycles. The number of hydrogen-bond acceptors (Lipinski definition) is 3. The summed E-state index contributed by atoms with van der Waals surface area (Å²) in [4.78, 5) is 12.6. The molecular weight excluding hydrogens is 256 g/mol. The normalized spacial score (nSPS) is 12.7. The fraction of sp³-hybridized carbons (Fsp3) is 0.533. The van der Waals surface area contributed by atoms with Crippen molar-refractivity contribution in [3.8, 4) is 0 Å². The van der Waals surface area contributed by atoms with Crippen LogP contribution in [0.5, 0.6) is 0 Å². The molecule has 0 aliphatic rings. The highest BCUT2D eigenvalue weighted by atomic mass is 32.2. The van der Waals surface area contributed by atoms with Gasteiger partial charge in [0.25, 0.3) is 0 Å². The van der Waals surface area contributed by atoms with E-state index in [2.05, 4.69) is 37.4 Å². The Morgan fingerprint density at radius 1 is 1.37 bits per heavy atom. The van der Waals surface area contributed by atoms with Crippen molar-refractivity contribution in [3.05, 3.63) is 29.3 Å². The number of hydrogen-bond donors (Lipinski definition) is 2. The second kappa shape index (κ2) is 7.56. The van der Waals surface area contributed by atoms with Crippen LogP contribution < -0.4 is 11.1 Å². The van der Waals surface area contributed by atoms with Crippen molar-refractivity contribution in [2.45, 2.75) is 51.1 Å². The Hall–Kier alpha value is -1.00. The van der Waals surface area contributed by atoms with Crippen LogP contribution >= 0.6 is 11.8 Å². The van der Waals surface area contributed by atoms with E-state index in [9.17, 15) is 4.79 Å². The molecule has 0 radical (unpaired) electrons. The number of aryl methyl sites for hydroxylation is 2. The second-order valence-corrected chi connectivity index (χ2v) is 6.32. The molecule has 1 aromatic rings. The fourth-order valence-electron chi connectivity index (χ4n) is 1.86. The number of nitrogens with two attached hydrogens (primary N) is 1. The molecule has 0 saturated carbocycles. The summed E-state index contributed by atoms with van der Waals surface area (Å²) in [5, 5.41) is 3.20. The zero-order chi connectivity index (χ0) is 14.4. The SMILES string of the molecule is Cc1ccc(C)c(SCCC(NC(C)C)C(N)=O)c1. The third-order valence-electron chi connectivity index (χ3n) is 2.89. The Bertz CT molecular complexity index is 432. The fourth-order valence-corrected chi connectivity index (χ4v) is 3.00. The summed E-state index contributed by atoms with van der Waals surface area (Å²) < 4.78 is 0. The second-order valence-electron chi connectivity index (χ2n) is 5.18. The van der Waals surface area contributed by atoms with Crippen molar-refractivity contribution in [2.75, 3.05) is 5.75 Å². The van der Waals surface area contributed by atoms with Gasteiger partial charge in [0.05, 0.1) is 6.04 Å². The third kappa shape index (κ3) is 5.66. The molecule has 0 aliphatic carbocycles. The van der Waals surface area contributed by atoms with Gasteiger partial charge in [0.15, 0.2) is 0 Å². The van der Waals surface area contributed by atoms with Gasteiger partial charge in [-0.3, -0.25) is 4.79 Å². The van der Waals surface area contributed by atoms with Crippen LogP contribution in [0.1, 0.15) is 31.4 Å². The van der Waals surface area contributed by atoms with Gasteiger partial charge in [-0.15, -0.1) is 11.8 Å². The molecule has 0 spiro atoms. The first kappa shape index (κ1) is 16.1. The molecule has 0 aromatic heterocycles. The summed E-state index contributed by atoms with van der Waals surface area (Å²) in [6.45, 7) is 8.25. The zero-order valence-electron chi connectivity index (χ0n) is 12.2.